The van der Waals surface area contributed by atoms with Crippen LogP contribution in [0.3, 0.4) is 0 Å². The second-order valence-electron chi connectivity index (χ2n) is 6.64. The van der Waals surface area contributed by atoms with Gasteiger partial charge in [0.1, 0.15) is 0 Å². The number of nitrogens with zero attached hydrogens (tertiary/aromatic N) is 2. The van der Waals surface area contributed by atoms with Gasteiger partial charge < -0.3 is 14.9 Å². The maximum Gasteiger partial charge on any atom is 0.320 e. The number of rotatable bonds is 2. The van der Waals surface area contributed by atoms with Gasteiger partial charge in [0.2, 0.25) is 0 Å². The lowest BCUT2D eigenvalue weighted by Crippen LogP contribution is -2.54. The second kappa shape index (κ2) is 6.07. The zero-order chi connectivity index (χ0) is 15.0. The van der Waals surface area contributed by atoms with E-state index in [4.69, 9.17) is 5.11 Å². The molecule has 3 aliphatic heterocycles. The number of carbonyl (C=O) groups excluding carboxylic acids is 1. The van der Waals surface area contributed by atoms with Crippen LogP contribution in [0.4, 0.5) is 4.79 Å². The molecule has 3 rings (SSSR count). The maximum absolute atomic E-state index is 12.8. The zero-order valence-electron chi connectivity index (χ0n) is 12.5. The topological polar surface area (TPSA) is 60.9 Å². The number of carbonyl (C=O) groups is 2. The van der Waals surface area contributed by atoms with E-state index in [0.717, 1.165) is 44.5 Å². The lowest BCUT2D eigenvalue weighted by atomic mass is 9.88. The minimum Gasteiger partial charge on any atom is -0.481 e. The number of carboxylic acid groups (broad SMARTS) is 1. The Bertz CT molecular complexity index is 417. The third-order valence-electron chi connectivity index (χ3n) is 5.03. The van der Waals surface area contributed by atoms with E-state index in [1.54, 1.807) is 0 Å². The summed E-state index contributed by atoms with van der Waals surface area (Å²) in [6, 6.07) is 0.736. The van der Waals surface area contributed by atoms with Crippen LogP contribution >= 0.6 is 11.8 Å². The van der Waals surface area contributed by atoms with Crippen molar-refractivity contribution in [2.24, 2.45) is 5.92 Å². The minimum absolute atomic E-state index is 0.198. The quantitative estimate of drug-likeness (QED) is 0.849. The molecule has 2 bridgehead atoms. The van der Waals surface area contributed by atoms with E-state index in [1.807, 2.05) is 16.7 Å². The van der Waals surface area contributed by atoms with Crippen molar-refractivity contribution in [3.05, 3.63) is 0 Å². The second-order valence-corrected chi connectivity index (χ2v) is 8.18. The Hall–Kier alpha value is -0.910. The SMILES string of the molecule is CC1CN(C(=O)N2C3CCC2CC(CC(=O)O)C3)CCS1. The van der Waals surface area contributed by atoms with Crippen LogP contribution in [0, 0.1) is 5.92 Å². The molecule has 3 fully saturated rings. The highest BCUT2D eigenvalue weighted by atomic mass is 32.2. The summed E-state index contributed by atoms with van der Waals surface area (Å²) in [5, 5.41) is 9.49. The first-order valence-electron chi connectivity index (χ1n) is 7.95. The van der Waals surface area contributed by atoms with E-state index in [2.05, 4.69) is 11.8 Å². The van der Waals surface area contributed by atoms with E-state index in [9.17, 15) is 9.59 Å². The van der Waals surface area contributed by atoms with Crippen LogP contribution in [0.15, 0.2) is 0 Å². The summed E-state index contributed by atoms with van der Waals surface area (Å²) in [6.07, 6.45) is 4.08. The first-order valence-corrected chi connectivity index (χ1v) is 9.00. The van der Waals surface area contributed by atoms with Gasteiger partial charge in [-0.05, 0) is 31.6 Å². The van der Waals surface area contributed by atoms with Crippen LogP contribution in [0.1, 0.15) is 39.0 Å². The molecule has 118 valence electrons. The molecule has 3 unspecified atom stereocenters. The number of urea groups is 1. The Balaban J connectivity index is 1.64. The molecular formula is C15H24N2O3S. The summed E-state index contributed by atoms with van der Waals surface area (Å²) < 4.78 is 0. The molecule has 3 atom stereocenters. The molecule has 6 heteroatoms. The van der Waals surface area contributed by atoms with E-state index in [-0.39, 0.29) is 30.5 Å². The normalized spacial score (nSPS) is 35.9. The number of thioether (sulfide) groups is 1. The van der Waals surface area contributed by atoms with Gasteiger partial charge in [-0.1, -0.05) is 6.92 Å². The molecule has 5 nitrogen and oxygen atoms in total. The summed E-state index contributed by atoms with van der Waals surface area (Å²) in [6.45, 7) is 3.87. The van der Waals surface area contributed by atoms with E-state index >= 15 is 0 Å². The molecule has 3 heterocycles. The highest BCUT2D eigenvalue weighted by Gasteiger charge is 2.45. The standard InChI is InChI=1S/C15H24N2O3S/c1-10-9-16(4-5-21-10)15(20)17-12-2-3-13(17)7-11(6-12)8-14(18)19/h10-13H,2-9H2,1H3,(H,18,19). The van der Waals surface area contributed by atoms with Crippen molar-refractivity contribution in [1.29, 1.82) is 0 Å². The number of hydrogen-bond acceptors (Lipinski definition) is 3. The first-order chi connectivity index (χ1) is 10.0. The van der Waals surface area contributed by atoms with Crippen molar-refractivity contribution in [2.75, 3.05) is 18.8 Å². The highest BCUT2D eigenvalue weighted by molar-refractivity contribution is 7.99. The van der Waals surface area contributed by atoms with Crippen molar-refractivity contribution in [3.8, 4) is 0 Å². The molecule has 0 spiro atoms. The van der Waals surface area contributed by atoms with Gasteiger partial charge in [0, 0.05) is 42.6 Å². The number of fused-ring (bicyclic) bond motifs is 2. The monoisotopic (exact) mass is 312 g/mol. The number of piperidine rings is 1. The van der Waals surface area contributed by atoms with Crippen molar-refractivity contribution in [2.45, 2.75) is 56.4 Å². The van der Waals surface area contributed by atoms with Gasteiger partial charge in [-0.3, -0.25) is 4.79 Å². The van der Waals surface area contributed by atoms with Gasteiger partial charge in [0.05, 0.1) is 0 Å². The predicted octanol–water partition coefficient (Wildman–Crippen LogP) is 2.26. The van der Waals surface area contributed by atoms with Crippen LogP contribution < -0.4 is 0 Å². The fraction of sp³-hybridized carbons (Fsp3) is 0.867. The van der Waals surface area contributed by atoms with Crippen molar-refractivity contribution < 1.29 is 14.7 Å². The van der Waals surface area contributed by atoms with Gasteiger partial charge in [0.25, 0.3) is 0 Å². The molecule has 0 aromatic heterocycles. The average Bonchev–Trinajstić information content (AvgIpc) is 2.69. The summed E-state index contributed by atoms with van der Waals surface area (Å²) in [4.78, 5) is 27.8. The van der Waals surface area contributed by atoms with Gasteiger partial charge in [-0.15, -0.1) is 0 Å². The molecule has 0 aromatic rings. The van der Waals surface area contributed by atoms with Crippen molar-refractivity contribution >= 4 is 23.8 Å². The summed E-state index contributed by atoms with van der Waals surface area (Å²) in [5.74, 6) is 0.568. The molecule has 1 N–H and O–H groups in total. The van der Waals surface area contributed by atoms with Crippen molar-refractivity contribution in [1.82, 2.24) is 9.80 Å². The fourth-order valence-electron chi connectivity index (χ4n) is 4.17. The third kappa shape index (κ3) is 3.15. The number of aliphatic carboxylic acids is 1. The van der Waals surface area contributed by atoms with Gasteiger partial charge >= 0.3 is 12.0 Å². The van der Waals surface area contributed by atoms with Gasteiger partial charge in [0.15, 0.2) is 0 Å². The molecular weight excluding hydrogens is 288 g/mol. The van der Waals surface area contributed by atoms with Gasteiger partial charge in [-0.25, -0.2) is 4.79 Å². The Morgan fingerprint density at radius 1 is 1.24 bits per heavy atom. The lowest BCUT2D eigenvalue weighted by Gasteiger charge is -2.42. The molecule has 3 aliphatic rings. The number of amides is 2. The minimum atomic E-state index is -0.707. The maximum atomic E-state index is 12.8. The molecule has 3 saturated heterocycles. The zero-order valence-corrected chi connectivity index (χ0v) is 13.3. The van der Waals surface area contributed by atoms with Crippen LogP contribution in [0.5, 0.6) is 0 Å². The fourth-order valence-corrected chi connectivity index (χ4v) is 5.18. The Morgan fingerprint density at radius 3 is 2.48 bits per heavy atom. The molecule has 0 radical (unpaired) electrons. The van der Waals surface area contributed by atoms with Crippen LogP contribution in [0.2, 0.25) is 0 Å². The summed E-state index contributed by atoms with van der Waals surface area (Å²) in [7, 11) is 0. The van der Waals surface area contributed by atoms with E-state index in [0.29, 0.717) is 5.25 Å². The average molecular weight is 312 g/mol. The molecule has 0 aliphatic carbocycles. The Labute approximate surface area is 130 Å². The predicted molar refractivity (Wildman–Crippen MR) is 82.5 cm³/mol. The Kier molecular flexibility index (Phi) is 4.33. The van der Waals surface area contributed by atoms with Crippen LogP contribution in [-0.4, -0.2) is 63.1 Å². The van der Waals surface area contributed by atoms with Gasteiger partial charge in [-0.2, -0.15) is 11.8 Å². The van der Waals surface area contributed by atoms with Crippen molar-refractivity contribution in [3.63, 3.8) is 0 Å². The van der Waals surface area contributed by atoms with E-state index in [1.165, 1.54) is 0 Å². The van der Waals surface area contributed by atoms with Crippen LogP contribution in [-0.2, 0) is 4.79 Å². The third-order valence-corrected chi connectivity index (χ3v) is 6.16. The lowest BCUT2D eigenvalue weighted by molar-refractivity contribution is -0.138. The Morgan fingerprint density at radius 2 is 1.90 bits per heavy atom. The highest BCUT2D eigenvalue weighted by Crippen LogP contribution is 2.40. The largest absolute Gasteiger partial charge is 0.481 e. The smallest absolute Gasteiger partial charge is 0.320 e. The summed E-state index contributed by atoms with van der Waals surface area (Å²) in [5.41, 5.74) is 0. The summed E-state index contributed by atoms with van der Waals surface area (Å²) >= 11 is 1.93. The number of carboxylic acids is 1. The number of hydrogen-bond donors (Lipinski definition) is 1. The molecule has 21 heavy (non-hydrogen) atoms. The molecule has 2 amide bonds. The molecule has 0 aromatic carbocycles. The van der Waals surface area contributed by atoms with E-state index < -0.39 is 5.97 Å². The first kappa shape index (κ1) is 15.0. The molecule has 0 saturated carbocycles. The van der Waals surface area contributed by atoms with Crippen LogP contribution in [0.25, 0.3) is 0 Å².